The van der Waals surface area contributed by atoms with Crippen LogP contribution < -0.4 is 10.9 Å². The average Bonchev–Trinajstić information content (AvgIpc) is 3.23. The number of nitrogens with one attached hydrogen (secondary N) is 2. The smallest absolute Gasteiger partial charge is 0.290 e. The standard InChI is InChI=1S/C19H23N5O3.CH2O2/c1-12(25)23-9-13-7-14(10-23)18(24-16(13)3-2-4-17(24)26)19(27)21-6-5-15-8-20-11-22-15;2-1-3/h2-4,8,11,13-14,18H,5-7,9-10H2,1H3,(H,20,22)(H,21,27);1H,(H,2,3)/t13-,14+,18-;/m1./s1. The van der Waals surface area contributed by atoms with Crippen LogP contribution in [0.25, 0.3) is 0 Å². The van der Waals surface area contributed by atoms with E-state index in [1.54, 1.807) is 35.0 Å². The predicted octanol–water partition coefficient (Wildman–Crippen LogP) is 0.138. The molecule has 1 saturated heterocycles. The molecule has 10 nitrogen and oxygen atoms in total. The number of rotatable bonds is 4. The molecule has 2 aliphatic rings. The summed E-state index contributed by atoms with van der Waals surface area (Å²) in [6.45, 7) is 2.87. The highest BCUT2D eigenvalue weighted by Gasteiger charge is 2.44. The summed E-state index contributed by atoms with van der Waals surface area (Å²) in [4.78, 5) is 54.7. The Bertz CT molecular complexity index is 955. The third-order valence-corrected chi connectivity index (χ3v) is 5.61. The van der Waals surface area contributed by atoms with E-state index in [9.17, 15) is 14.4 Å². The number of hydrogen-bond acceptors (Lipinski definition) is 5. The first kappa shape index (κ1) is 21.3. The van der Waals surface area contributed by atoms with Gasteiger partial charge in [-0.3, -0.25) is 23.7 Å². The van der Waals surface area contributed by atoms with Crippen molar-refractivity contribution in [3.8, 4) is 0 Å². The third kappa shape index (κ3) is 4.42. The van der Waals surface area contributed by atoms with Crippen molar-refractivity contribution in [1.29, 1.82) is 0 Å². The highest BCUT2D eigenvalue weighted by Crippen LogP contribution is 2.41. The fraction of sp³-hybridized carbons (Fsp3) is 0.450. The molecule has 0 aromatic carbocycles. The number of fused-ring (bicyclic) bond motifs is 4. The maximum absolute atomic E-state index is 13.0. The van der Waals surface area contributed by atoms with Crippen LogP contribution in [0.3, 0.4) is 0 Å². The summed E-state index contributed by atoms with van der Waals surface area (Å²) in [5.41, 5.74) is 1.63. The number of likely N-dealkylation sites (tertiary alicyclic amines) is 1. The Balaban J connectivity index is 0.000000806. The van der Waals surface area contributed by atoms with Gasteiger partial charge in [-0.05, 0) is 12.5 Å². The summed E-state index contributed by atoms with van der Waals surface area (Å²) in [6.07, 6.45) is 4.78. The number of aromatic nitrogens is 3. The SMILES string of the molecule is CC(=O)N1C[C@H]2C[C@@H](C1)[C@H](C(=O)NCCc1cnc[nH]1)n1c2cccc1=O.O=CO. The number of carboxylic acid groups (broad SMARTS) is 1. The van der Waals surface area contributed by atoms with Crippen LogP contribution in [0.2, 0.25) is 0 Å². The van der Waals surface area contributed by atoms with Gasteiger partial charge in [-0.15, -0.1) is 0 Å². The van der Waals surface area contributed by atoms with E-state index in [2.05, 4.69) is 15.3 Å². The Kier molecular flexibility index (Phi) is 6.65. The van der Waals surface area contributed by atoms with Gasteiger partial charge in [0.2, 0.25) is 11.8 Å². The molecular weight excluding hydrogens is 390 g/mol. The van der Waals surface area contributed by atoms with Gasteiger partial charge in [-0.2, -0.15) is 0 Å². The molecule has 160 valence electrons. The Morgan fingerprint density at radius 2 is 2.13 bits per heavy atom. The Morgan fingerprint density at radius 1 is 1.37 bits per heavy atom. The molecule has 0 spiro atoms. The third-order valence-electron chi connectivity index (χ3n) is 5.61. The van der Waals surface area contributed by atoms with Crippen molar-refractivity contribution in [3.63, 3.8) is 0 Å². The first-order chi connectivity index (χ1) is 14.5. The van der Waals surface area contributed by atoms with E-state index in [4.69, 9.17) is 9.90 Å². The molecule has 1 fully saturated rings. The first-order valence-corrected chi connectivity index (χ1v) is 9.76. The number of H-pyrrole nitrogens is 1. The molecule has 10 heteroatoms. The lowest BCUT2D eigenvalue weighted by Crippen LogP contribution is -2.54. The van der Waals surface area contributed by atoms with Crippen molar-refractivity contribution < 1.29 is 19.5 Å². The average molecular weight is 415 g/mol. The van der Waals surface area contributed by atoms with E-state index in [0.29, 0.717) is 26.1 Å². The van der Waals surface area contributed by atoms with Crippen LogP contribution in [0.1, 0.15) is 36.7 Å². The van der Waals surface area contributed by atoms with Crippen molar-refractivity contribution in [2.45, 2.75) is 31.7 Å². The molecule has 2 aromatic heterocycles. The van der Waals surface area contributed by atoms with E-state index in [0.717, 1.165) is 17.8 Å². The van der Waals surface area contributed by atoms with Crippen LogP contribution in [0.4, 0.5) is 0 Å². The number of imidazole rings is 1. The van der Waals surface area contributed by atoms with E-state index in [-0.39, 0.29) is 35.7 Å². The molecule has 30 heavy (non-hydrogen) atoms. The zero-order valence-electron chi connectivity index (χ0n) is 16.7. The minimum absolute atomic E-state index is 0.00910. The number of carbonyl (C=O) groups excluding carboxylic acids is 2. The topological polar surface area (TPSA) is 137 Å². The van der Waals surface area contributed by atoms with Crippen molar-refractivity contribution in [2.24, 2.45) is 5.92 Å². The molecule has 3 N–H and O–H groups in total. The minimum atomic E-state index is -0.589. The zero-order chi connectivity index (χ0) is 21.7. The van der Waals surface area contributed by atoms with E-state index < -0.39 is 6.04 Å². The van der Waals surface area contributed by atoms with Gasteiger partial charge in [0.05, 0.1) is 6.33 Å². The van der Waals surface area contributed by atoms with Crippen LogP contribution in [-0.2, 0) is 20.8 Å². The number of amides is 2. The molecule has 2 amide bonds. The van der Waals surface area contributed by atoms with Crippen molar-refractivity contribution >= 4 is 18.3 Å². The number of pyridine rings is 1. The van der Waals surface area contributed by atoms with Crippen LogP contribution in [-0.4, -0.2) is 62.5 Å². The summed E-state index contributed by atoms with van der Waals surface area (Å²) in [5.74, 6) is -0.129. The summed E-state index contributed by atoms with van der Waals surface area (Å²) < 4.78 is 1.64. The van der Waals surface area contributed by atoms with E-state index in [1.165, 1.54) is 6.07 Å². The highest BCUT2D eigenvalue weighted by atomic mass is 16.3. The molecule has 3 atom stereocenters. The molecule has 2 aromatic rings. The first-order valence-electron chi connectivity index (χ1n) is 9.76. The monoisotopic (exact) mass is 415 g/mol. The number of piperidine rings is 1. The van der Waals surface area contributed by atoms with Gasteiger partial charge in [0.25, 0.3) is 12.0 Å². The second-order valence-corrected chi connectivity index (χ2v) is 7.44. The van der Waals surface area contributed by atoms with Gasteiger partial charge in [-0.1, -0.05) is 6.07 Å². The molecule has 0 saturated carbocycles. The predicted molar refractivity (Wildman–Crippen MR) is 107 cm³/mol. The molecular formula is C20H25N5O5. The Labute approximate surface area is 172 Å². The molecule has 2 bridgehead atoms. The van der Waals surface area contributed by atoms with E-state index >= 15 is 0 Å². The summed E-state index contributed by atoms with van der Waals surface area (Å²) in [7, 11) is 0. The van der Waals surface area contributed by atoms with Crippen molar-refractivity contribution in [3.05, 3.63) is 52.5 Å². The summed E-state index contributed by atoms with van der Waals surface area (Å²) >= 11 is 0. The van der Waals surface area contributed by atoms with Crippen molar-refractivity contribution in [1.82, 2.24) is 24.8 Å². The second-order valence-electron chi connectivity index (χ2n) is 7.44. The van der Waals surface area contributed by atoms with E-state index in [1.807, 2.05) is 6.07 Å². The molecule has 2 aliphatic heterocycles. The minimum Gasteiger partial charge on any atom is -0.483 e. The summed E-state index contributed by atoms with van der Waals surface area (Å²) in [6, 6.07) is 4.54. The number of hydrogen-bond donors (Lipinski definition) is 3. The van der Waals surface area contributed by atoms with Crippen LogP contribution in [0.5, 0.6) is 0 Å². The maximum Gasteiger partial charge on any atom is 0.290 e. The van der Waals surface area contributed by atoms with Gasteiger partial charge < -0.3 is 20.3 Å². The lowest BCUT2D eigenvalue weighted by Gasteiger charge is -2.46. The maximum atomic E-state index is 13.0. The lowest BCUT2D eigenvalue weighted by molar-refractivity contribution is -0.135. The van der Waals surface area contributed by atoms with Gasteiger partial charge in [-0.25, -0.2) is 4.98 Å². The zero-order valence-corrected chi connectivity index (χ0v) is 16.7. The number of nitrogens with zero attached hydrogens (tertiary/aromatic N) is 3. The molecule has 4 heterocycles. The van der Waals surface area contributed by atoms with Gasteiger partial charge in [0, 0.05) is 68.5 Å². The van der Waals surface area contributed by atoms with Gasteiger partial charge in [0.1, 0.15) is 6.04 Å². The van der Waals surface area contributed by atoms with Crippen LogP contribution in [0.15, 0.2) is 35.5 Å². The Morgan fingerprint density at radius 3 is 2.80 bits per heavy atom. The largest absolute Gasteiger partial charge is 0.483 e. The fourth-order valence-electron chi connectivity index (χ4n) is 4.37. The van der Waals surface area contributed by atoms with Crippen LogP contribution >= 0.6 is 0 Å². The molecule has 4 rings (SSSR count). The molecule has 0 unspecified atom stereocenters. The molecule has 0 aliphatic carbocycles. The quantitative estimate of drug-likeness (QED) is 0.608. The summed E-state index contributed by atoms with van der Waals surface area (Å²) in [5, 5.41) is 9.85. The number of carbonyl (C=O) groups is 3. The van der Waals surface area contributed by atoms with Crippen molar-refractivity contribution in [2.75, 3.05) is 19.6 Å². The highest BCUT2D eigenvalue weighted by molar-refractivity contribution is 5.81. The Hall–Kier alpha value is -3.43. The van der Waals surface area contributed by atoms with Gasteiger partial charge >= 0.3 is 0 Å². The van der Waals surface area contributed by atoms with Crippen LogP contribution in [0, 0.1) is 5.92 Å². The lowest BCUT2D eigenvalue weighted by atomic mass is 9.78. The number of aromatic amines is 1. The normalized spacial score (nSPS) is 21.6. The molecule has 0 radical (unpaired) electrons. The second kappa shape index (κ2) is 9.38. The van der Waals surface area contributed by atoms with Gasteiger partial charge in [0.15, 0.2) is 0 Å². The fourth-order valence-corrected chi connectivity index (χ4v) is 4.37.